The molecule has 20 heavy (non-hydrogen) atoms. The van der Waals surface area contributed by atoms with Crippen molar-refractivity contribution < 1.29 is 23.1 Å². The number of rotatable bonds is 3. The minimum atomic E-state index is -3.73. The summed E-state index contributed by atoms with van der Waals surface area (Å²) in [5, 5.41) is 10.1. The van der Waals surface area contributed by atoms with Gasteiger partial charge in [-0.15, -0.1) is 4.40 Å². The molecule has 0 saturated heterocycles. The highest BCUT2D eigenvalue weighted by Gasteiger charge is 2.36. The lowest BCUT2D eigenvalue weighted by Crippen LogP contribution is -2.48. The lowest BCUT2D eigenvalue weighted by Gasteiger charge is -2.30. The number of ether oxygens (including phenoxy) is 1. The Labute approximate surface area is 116 Å². The van der Waals surface area contributed by atoms with Gasteiger partial charge in [0, 0.05) is 0 Å². The molecule has 1 heterocycles. The van der Waals surface area contributed by atoms with E-state index in [9.17, 15) is 18.3 Å². The fraction of sp³-hybridized carbons (Fsp3) is 0.333. The van der Waals surface area contributed by atoms with Crippen LogP contribution in [0.1, 0.15) is 6.92 Å². The van der Waals surface area contributed by atoms with Crippen LogP contribution in [0.5, 0.6) is 0 Å². The van der Waals surface area contributed by atoms with Crippen LogP contribution < -0.4 is 4.90 Å². The van der Waals surface area contributed by atoms with Crippen LogP contribution in [0.15, 0.2) is 33.6 Å². The highest BCUT2D eigenvalue weighted by Crippen LogP contribution is 2.30. The molecule has 1 atom stereocenters. The Balaban J connectivity index is 2.39. The molecule has 1 aromatic rings. The highest BCUT2D eigenvalue weighted by atomic mass is 32.2. The third kappa shape index (κ3) is 2.52. The molecule has 0 saturated carbocycles. The van der Waals surface area contributed by atoms with Crippen molar-refractivity contribution in [2.45, 2.75) is 17.4 Å². The van der Waals surface area contributed by atoms with Crippen LogP contribution in [0.2, 0.25) is 0 Å². The third-order valence-corrected chi connectivity index (χ3v) is 4.15. The molecule has 0 bridgehead atoms. The fourth-order valence-corrected chi connectivity index (χ4v) is 2.94. The van der Waals surface area contributed by atoms with Gasteiger partial charge in [-0.3, -0.25) is 0 Å². The zero-order valence-electron chi connectivity index (χ0n) is 11.0. The molecule has 7 nitrogen and oxygen atoms in total. The molecule has 1 unspecified atom stereocenters. The lowest BCUT2D eigenvalue weighted by atomic mass is 10.1. The highest BCUT2D eigenvalue weighted by molar-refractivity contribution is 7.90. The molecule has 1 aliphatic heterocycles. The van der Waals surface area contributed by atoms with E-state index >= 15 is 0 Å². The van der Waals surface area contributed by atoms with Gasteiger partial charge in [0.2, 0.25) is 0 Å². The molecule has 1 aliphatic rings. The molecular weight excluding hydrogens is 284 g/mol. The normalized spacial score (nSPS) is 19.1. The van der Waals surface area contributed by atoms with Crippen LogP contribution >= 0.6 is 0 Å². The maximum Gasteiger partial charge on any atom is 0.339 e. The summed E-state index contributed by atoms with van der Waals surface area (Å²) in [6.07, 6.45) is 1.08. The van der Waals surface area contributed by atoms with Crippen molar-refractivity contribution in [2.75, 3.05) is 18.6 Å². The van der Waals surface area contributed by atoms with Gasteiger partial charge < -0.3 is 14.7 Å². The summed E-state index contributed by atoms with van der Waals surface area (Å²) in [4.78, 5) is 12.9. The molecule has 0 amide bonds. The Bertz CT molecular complexity index is 666. The fourth-order valence-electron chi connectivity index (χ4n) is 1.89. The van der Waals surface area contributed by atoms with Crippen molar-refractivity contribution in [1.82, 2.24) is 0 Å². The largest absolute Gasteiger partial charge is 0.467 e. The number of fused-ring (bicyclic) bond motifs is 1. The van der Waals surface area contributed by atoms with Crippen LogP contribution in [0.3, 0.4) is 0 Å². The smallest absolute Gasteiger partial charge is 0.339 e. The number of anilines is 1. The van der Waals surface area contributed by atoms with Crippen molar-refractivity contribution in [3.8, 4) is 0 Å². The Morgan fingerprint density at radius 3 is 2.75 bits per heavy atom. The molecule has 8 heteroatoms. The van der Waals surface area contributed by atoms with Gasteiger partial charge in [0.05, 0.1) is 19.3 Å². The minimum Gasteiger partial charge on any atom is -0.467 e. The van der Waals surface area contributed by atoms with E-state index in [0.717, 1.165) is 6.34 Å². The van der Waals surface area contributed by atoms with Gasteiger partial charge in [0.1, 0.15) is 11.2 Å². The van der Waals surface area contributed by atoms with Crippen LogP contribution in [-0.4, -0.2) is 45.1 Å². The van der Waals surface area contributed by atoms with E-state index < -0.39 is 21.6 Å². The third-order valence-electron chi connectivity index (χ3n) is 2.88. The lowest BCUT2D eigenvalue weighted by molar-refractivity contribution is -0.159. The quantitative estimate of drug-likeness (QED) is 0.798. The van der Waals surface area contributed by atoms with Gasteiger partial charge in [0.15, 0.2) is 5.60 Å². The number of aliphatic hydroxyl groups is 1. The Kier molecular flexibility index (Phi) is 3.53. The topological polar surface area (TPSA) is 96.3 Å². The number of carbonyl (C=O) groups is 1. The van der Waals surface area contributed by atoms with E-state index in [1.54, 1.807) is 18.2 Å². The van der Waals surface area contributed by atoms with Crippen LogP contribution in [0, 0.1) is 0 Å². The Morgan fingerprint density at radius 2 is 2.10 bits per heavy atom. The summed E-state index contributed by atoms with van der Waals surface area (Å²) in [5.41, 5.74) is -1.43. The molecule has 0 spiro atoms. The van der Waals surface area contributed by atoms with Gasteiger partial charge in [-0.2, -0.15) is 8.42 Å². The molecule has 108 valence electrons. The van der Waals surface area contributed by atoms with Crippen LogP contribution in [0.25, 0.3) is 0 Å². The van der Waals surface area contributed by atoms with Crippen molar-refractivity contribution in [2.24, 2.45) is 4.40 Å². The summed E-state index contributed by atoms with van der Waals surface area (Å²) in [6, 6.07) is 6.23. The second kappa shape index (κ2) is 4.88. The van der Waals surface area contributed by atoms with Crippen LogP contribution in [-0.2, 0) is 19.6 Å². The first-order valence-corrected chi connectivity index (χ1v) is 7.19. The van der Waals surface area contributed by atoms with Crippen molar-refractivity contribution in [1.29, 1.82) is 0 Å². The minimum absolute atomic E-state index is 0.0307. The molecule has 0 aliphatic carbocycles. The predicted molar refractivity (Wildman–Crippen MR) is 72.1 cm³/mol. The van der Waals surface area contributed by atoms with E-state index in [1.807, 2.05) is 0 Å². The summed E-state index contributed by atoms with van der Waals surface area (Å²) in [5.74, 6) is -0.809. The number of methoxy groups -OCH3 is 1. The van der Waals surface area contributed by atoms with E-state index in [-0.39, 0.29) is 11.4 Å². The SMILES string of the molecule is COC(=O)C(C)(O)CN1C=NS(=O)(=O)c2ccccc21. The number of benzene rings is 1. The van der Waals surface area contributed by atoms with Crippen molar-refractivity contribution in [3.63, 3.8) is 0 Å². The molecule has 0 radical (unpaired) electrons. The first-order chi connectivity index (χ1) is 9.28. The number of carbonyl (C=O) groups excluding carboxylic acids is 1. The van der Waals surface area contributed by atoms with Crippen molar-refractivity contribution >= 4 is 28.0 Å². The number of hydrogen-bond acceptors (Lipinski definition) is 6. The number of para-hydroxylation sites is 1. The average molecular weight is 298 g/mol. The molecule has 1 N–H and O–H groups in total. The number of hydrogen-bond donors (Lipinski definition) is 1. The molecule has 0 aromatic heterocycles. The number of nitrogens with zero attached hydrogens (tertiary/aromatic N) is 2. The summed E-state index contributed by atoms with van der Waals surface area (Å²) >= 11 is 0. The van der Waals surface area contributed by atoms with Crippen LogP contribution in [0.4, 0.5) is 5.69 Å². The van der Waals surface area contributed by atoms with Crippen molar-refractivity contribution in [3.05, 3.63) is 24.3 Å². The molecule has 0 fully saturated rings. The summed E-state index contributed by atoms with van der Waals surface area (Å²) in [7, 11) is -2.56. The monoisotopic (exact) mass is 298 g/mol. The Morgan fingerprint density at radius 1 is 1.45 bits per heavy atom. The maximum absolute atomic E-state index is 11.8. The predicted octanol–water partition coefficient (Wildman–Crippen LogP) is 0.148. The van der Waals surface area contributed by atoms with Gasteiger partial charge in [-0.1, -0.05) is 12.1 Å². The number of β-amino-alcohol motifs (C(OH)–C–C–N with tert-alkyl or cyclic N) is 1. The average Bonchev–Trinajstić information content (AvgIpc) is 2.41. The van der Waals surface area contributed by atoms with E-state index in [1.165, 1.54) is 25.0 Å². The first-order valence-electron chi connectivity index (χ1n) is 5.75. The second-order valence-corrected chi connectivity index (χ2v) is 6.16. The zero-order valence-corrected chi connectivity index (χ0v) is 11.8. The summed E-state index contributed by atoms with van der Waals surface area (Å²) < 4.78 is 31.6. The standard InChI is InChI=1S/C12H14N2O5S/c1-12(16,11(15)19-2)7-14-8-13-20(17,18)10-6-4-3-5-9(10)14/h3-6,8,16H,7H2,1-2H3. The number of esters is 1. The van der Waals surface area contributed by atoms with Gasteiger partial charge in [-0.05, 0) is 19.1 Å². The zero-order chi connectivity index (χ0) is 15.0. The van der Waals surface area contributed by atoms with Gasteiger partial charge >= 0.3 is 5.97 Å². The first kappa shape index (κ1) is 14.5. The number of sulfonamides is 1. The molecular formula is C12H14N2O5S. The molecule has 2 rings (SSSR count). The van der Waals surface area contributed by atoms with E-state index in [0.29, 0.717) is 5.69 Å². The van der Waals surface area contributed by atoms with E-state index in [4.69, 9.17) is 0 Å². The molecule has 1 aromatic carbocycles. The Hall–Kier alpha value is -1.93. The van der Waals surface area contributed by atoms with Gasteiger partial charge in [0.25, 0.3) is 10.0 Å². The van der Waals surface area contributed by atoms with E-state index in [2.05, 4.69) is 9.13 Å². The maximum atomic E-state index is 11.8. The summed E-state index contributed by atoms with van der Waals surface area (Å²) in [6.45, 7) is 1.12. The second-order valence-electron chi connectivity index (χ2n) is 4.56. The van der Waals surface area contributed by atoms with Gasteiger partial charge in [-0.25, -0.2) is 4.79 Å².